The second kappa shape index (κ2) is 9.21. The second-order valence-electron chi connectivity index (χ2n) is 6.90. The molecule has 148 valence electrons. The Balaban J connectivity index is 1.41. The SMILES string of the molecule is CC1CCc2sc(C(=O)NNC(=O)CCNC(=O)c3ccccc3Cl)cc2C1. The van der Waals surface area contributed by atoms with Crippen LogP contribution in [0.2, 0.25) is 5.02 Å². The highest BCUT2D eigenvalue weighted by molar-refractivity contribution is 7.14. The standard InChI is InChI=1S/C20H22ClN3O3S/c1-12-6-7-16-13(10-12)11-17(28-16)20(27)24-23-18(25)8-9-22-19(26)14-4-2-3-5-15(14)21/h2-5,11-12H,6-10H2,1H3,(H,22,26)(H,23,25)(H,24,27). The number of benzene rings is 1. The molecule has 1 aliphatic carbocycles. The number of hydrogen-bond donors (Lipinski definition) is 3. The van der Waals surface area contributed by atoms with E-state index in [1.807, 2.05) is 6.07 Å². The molecule has 1 aromatic carbocycles. The van der Waals surface area contributed by atoms with E-state index < -0.39 is 0 Å². The molecule has 1 aliphatic rings. The summed E-state index contributed by atoms with van der Waals surface area (Å²) in [7, 11) is 0. The minimum Gasteiger partial charge on any atom is -0.351 e. The van der Waals surface area contributed by atoms with E-state index in [2.05, 4.69) is 23.1 Å². The minimum atomic E-state index is -0.386. The van der Waals surface area contributed by atoms with Crippen molar-refractivity contribution in [1.29, 1.82) is 0 Å². The van der Waals surface area contributed by atoms with Crippen molar-refractivity contribution >= 4 is 40.7 Å². The monoisotopic (exact) mass is 419 g/mol. The fourth-order valence-corrected chi connectivity index (χ4v) is 4.42. The number of rotatable bonds is 5. The molecule has 1 atom stereocenters. The molecule has 2 aromatic rings. The topological polar surface area (TPSA) is 87.3 Å². The lowest BCUT2D eigenvalue weighted by atomic mass is 9.90. The average molecular weight is 420 g/mol. The second-order valence-corrected chi connectivity index (χ2v) is 8.44. The number of hydrazine groups is 1. The van der Waals surface area contributed by atoms with Crippen molar-refractivity contribution in [2.24, 2.45) is 5.92 Å². The first-order valence-electron chi connectivity index (χ1n) is 9.17. The molecule has 0 spiro atoms. The number of fused-ring (bicyclic) bond motifs is 1. The van der Waals surface area contributed by atoms with E-state index in [-0.39, 0.29) is 30.7 Å². The van der Waals surface area contributed by atoms with Gasteiger partial charge >= 0.3 is 0 Å². The number of carbonyl (C=O) groups excluding carboxylic acids is 3. The Hall–Kier alpha value is -2.38. The highest BCUT2D eigenvalue weighted by atomic mass is 35.5. The van der Waals surface area contributed by atoms with E-state index >= 15 is 0 Å². The molecule has 3 amide bonds. The third kappa shape index (κ3) is 5.11. The number of carbonyl (C=O) groups is 3. The van der Waals surface area contributed by atoms with Crippen molar-refractivity contribution in [2.45, 2.75) is 32.6 Å². The minimum absolute atomic E-state index is 0.0366. The van der Waals surface area contributed by atoms with E-state index in [0.717, 1.165) is 19.3 Å². The molecule has 0 saturated carbocycles. The van der Waals surface area contributed by atoms with Gasteiger partial charge in [-0.05, 0) is 48.9 Å². The molecule has 0 saturated heterocycles. The van der Waals surface area contributed by atoms with E-state index in [4.69, 9.17) is 11.6 Å². The maximum absolute atomic E-state index is 12.3. The van der Waals surface area contributed by atoms with Crippen LogP contribution in [0.1, 0.15) is 50.2 Å². The van der Waals surface area contributed by atoms with E-state index in [0.29, 0.717) is 21.4 Å². The van der Waals surface area contributed by atoms with Gasteiger partial charge in [0.1, 0.15) is 0 Å². The van der Waals surface area contributed by atoms with E-state index in [1.54, 1.807) is 24.3 Å². The summed E-state index contributed by atoms with van der Waals surface area (Å²) in [5.74, 6) is -0.414. The molecule has 1 heterocycles. The molecule has 3 N–H and O–H groups in total. The van der Waals surface area contributed by atoms with Gasteiger partial charge in [0.15, 0.2) is 0 Å². The summed E-state index contributed by atoms with van der Waals surface area (Å²) < 4.78 is 0. The molecule has 3 rings (SSSR count). The zero-order valence-electron chi connectivity index (χ0n) is 15.5. The summed E-state index contributed by atoms with van der Waals surface area (Å²) in [6, 6.07) is 8.61. The number of hydrogen-bond acceptors (Lipinski definition) is 4. The third-order valence-corrected chi connectivity index (χ3v) is 6.19. The first-order valence-corrected chi connectivity index (χ1v) is 10.4. The van der Waals surface area contributed by atoms with Gasteiger partial charge in [0, 0.05) is 17.8 Å². The first kappa shape index (κ1) is 20.4. The molecular weight excluding hydrogens is 398 g/mol. The highest BCUT2D eigenvalue weighted by Crippen LogP contribution is 2.32. The van der Waals surface area contributed by atoms with Crippen molar-refractivity contribution in [3.05, 3.63) is 56.2 Å². The largest absolute Gasteiger partial charge is 0.351 e. The number of aryl methyl sites for hydroxylation is 1. The summed E-state index contributed by atoms with van der Waals surface area (Å²) in [6.07, 6.45) is 3.18. The molecule has 6 nitrogen and oxygen atoms in total. The lowest BCUT2D eigenvalue weighted by molar-refractivity contribution is -0.121. The Labute approximate surface area is 172 Å². The van der Waals surface area contributed by atoms with Gasteiger partial charge in [0.2, 0.25) is 5.91 Å². The van der Waals surface area contributed by atoms with Crippen LogP contribution in [0.25, 0.3) is 0 Å². The van der Waals surface area contributed by atoms with Gasteiger partial charge in [-0.25, -0.2) is 0 Å². The van der Waals surface area contributed by atoms with Crippen LogP contribution >= 0.6 is 22.9 Å². The predicted octanol–water partition coefficient (Wildman–Crippen LogP) is 3.11. The van der Waals surface area contributed by atoms with Crippen LogP contribution in [0, 0.1) is 5.92 Å². The van der Waals surface area contributed by atoms with Crippen LogP contribution in [0.5, 0.6) is 0 Å². The molecular formula is C20H22ClN3O3S. The molecule has 0 bridgehead atoms. The fourth-order valence-electron chi connectivity index (χ4n) is 3.10. The van der Waals surface area contributed by atoms with Gasteiger partial charge < -0.3 is 5.32 Å². The summed E-state index contributed by atoms with van der Waals surface area (Å²) in [6.45, 7) is 2.35. The summed E-state index contributed by atoms with van der Waals surface area (Å²) in [5.41, 5.74) is 6.42. The number of halogens is 1. The maximum atomic E-state index is 12.3. The Morgan fingerprint density at radius 1 is 1.18 bits per heavy atom. The maximum Gasteiger partial charge on any atom is 0.279 e. The number of amides is 3. The van der Waals surface area contributed by atoms with Crippen molar-refractivity contribution < 1.29 is 14.4 Å². The van der Waals surface area contributed by atoms with Crippen LogP contribution in [-0.4, -0.2) is 24.3 Å². The molecule has 1 aromatic heterocycles. The summed E-state index contributed by atoms with van der Waals surface area (Å²) >= 11 is 7.45. The molecule has 0 aliphatic heterocycles. The van der Waals surface area contributed by atoms with Crippen molar-refractivity contribution in [2.75, 3.05) is 6.54 Å². The van der Waals surface area contributed by atoms with Crippen LogP contribution in [0.15, 0.2) is 30.3 Å². The predicted molar refractivity (Wildman–Crippen MR) is 110 cm³/mol. The Morgan fingerprint density at radius 3 is 2.75 bits per heavy atom. The van der Waals surface area contributed by atoms with E-state index in [1.165, 1.54) is 21.8 Å². The Bertz CT molecular complexity index is 897. The molecule has 8 heteroatoms. The van der Waals surface area contributed by atoms with Gasteiger partial charge in [-0.15, -0.1) is 11.3 Å². The van der Waals surface area contributed by atoms with Crippen molar-refractivity contribution in [3.63, 3.8) is 0 Å². The van der Waals surface area contributed by atoms with Crippen LogP contribution in [-0.2, 0) is 17.6 Å². The first-order chi connectivity index (χ1) is 13.4. The Morgan fingerprint density at radius 2 is 1.96 bits per heavy atom. The Kier molecular flexibility index (Phi) is 6.70. The van der Waals surface area contributed by atoms with Crippen LogP contribution < -0.4 is 16.2 Å². The smallest absolute Gasteiger partial charge is 0.279 e. The van der Waals surface area contributed by atoms with Gasteiger partial charge in [-0.3, -0.25) is 25.2 Å². The average Bonchev–Trinajstić information content (AvgIpc) is 3.09. The lowest BCUT2D eigenvalue weighted by Crippen LogP contribution is -2.42. The quantitative estimate of drug-likeness (QED) is 0.651. The third-order valence-electron chi connectivity index (χ3n) is 4.62. The number of nitrogens with one attached hydrogen (secondary N) is 3. The lowest BCUT2D eigenvalue weighted by Gasteiger charge is -2.16. The van der Waals surface area contributed by atoms with Crippen LogP contribution in [0.3, 0.4) is 0 Å². The molecule has 28 heavy (non-hydrogen) atoms. The summed E-state index contributed by atoms with van der Waals surface area (Å²) in [5, 5.41) is 2.98. The van der Waals surface area contributed by atoms with Crippen molar-refractivity contribution in [1.82, 2.24) is 16.2 Å². The van der Waals surface area contributed by atoms with E-state index in [9.17, 15) is 14.4 Å². The normalized spacial score (nSPS) is 15.4. The molecule has 1 unspecified atom stereocenters. The highest BCUT2D eigenvalue weighted by Gasteiger charge is 2.20. The number of thiophene rings is 1. The zero-order chi connectivity index (χ0) is 20.1. The van der Waals surface area contributed by atoms with Gasteiger partial charge in [0.05, 0.1) is 15.5 Å². The van der Waals surface area contributed by atoms with Crippen molar-refractivity contribution in [3.8, 4) is 0 Å². The molecule has 0 fully saturated rings. The van der Waals surface area contributed by atoms with Gasteiger partial charge in [-0.2, -0.15) is 0 Å². The van der Waals surface area contributed by atoms with Gasteiger partial charge in [0.25, 0.3) is 11.8 Å². The fraction of sp³-hybridized carbons (Fsp3) is 0.350. The summed E-state index contributed by atoms with van der Waals surface area (Å²) in [4.78, 5) is 38.0. The van der Waals surface area contributed by atoms with Crippen LogP contribution in [0.4, 0.5) is 0 Å². The molecule has 0 radical (unpaired) electrons. The van der Waals surface area contributed by atoms with Gasteiger partial charge in [-0.1, -0.05) is 30.7 Å². The zero-order valence-corrected chi connectivity index (χ0v) is 17.1.